The fourth-order valence-electron chi connectivity index (χ4n) is 3.34. The van der Waals surface area contributed by atoms with Gasteiger partial charge in [0.05, 0.1) is 17.8 Å². The highest BCUT2D eigenvalue weighted by Gasteiger charge is 2.24. The molecule has 0 unspecified atom stereocenters. The van der Waals surface area contributed by atoms with Crippen LogP contribution in [-0.2, 0) is 13.0 Å². The summed E-state index contributed by atoms with van der Waals surface area (Å²) in [6, 6.07) is 12.0. The standard InChI is InChI=1S/C20H18FNO3/c1-2-5-13-10-19(23)25-20-14(13)8-9-18-15(20)11-22(12-24-18)17-7-4-3-6-16(17)21/h3-4,6-10H,2,5,11-12H2,1H3. The molecule has 0 amide bonds. The molecule has 0 saturated carbocycles. The molecule has 1 aliphatic rings. The van der Waals surface area contributed by atoms with Gasteiger partial charge in [-0.2, -0.15) is 0 Å². The summed E-state index contributed by atoms with van der Waals surface area (Å²) in [5.41, 5.74) is 2.39. The summed E-state index contributed by atoms with van der Waals surface area (Å²) in [6.07, 6.45) is 1.74. The van der Waals surface area contributed by atoms with Gasteiger partial charge in [-0.1, -0.05) is 25.5 Å². The summed E-state index contributed by atoms with van der Waals surface area (Å²) in [6.45, 7) is 2.74. The molecule has 0 bridgehead atoms. The lowest BCUT2D eigenvalue weighted by Crippen LogP contribution is -2.32. The van der Waals surface area contributed by atoms with E-state index < -0.39 is 0 Å². The normalized spacial score (nSPS) is 13.6. The lowest BCUT2D eigenvalue weighted by molar-refractivity contribution is 0.287. The zero-order chi connectivity index (χ0) is 17.4. The van der Waals surface area contributed by atoms with E-state index in [9.17, 15) is 9.18 Å². The van der Waals surface area contributed by atoms with Gasteiger partial charge in [-0.05, 0) is 36.2 Å². The lowest BCUT2D eigenvalue weighted by atomic mass is 10.0. The second-order valence-electron chi connectivity index (χ2n) is 6.18. The van der Waals surface area contributed by atoms with Crippen LogP contribution in [0.25, 0.3) is 11.0 Å². The van der Waals surface area contributed by atoms with Gasteiger partial charge in [0, 0.05) is 11.5 Å². The van der Waals surface area contributed by atoms with Crippen LogP contribution in [0.2, 0.25) is 0 Å². The highest BCUT2D eigenvalue weighted by molar-refractivity contribution is 5.85. The molecule has 1 aromatic heterocycles. The van der Waals surface area contributed by atoms with Gasteiger partial charge in [0.2, 0.25) is 0 Å². The van der Waals surface area contributed by atoms with Crippen LogP contribution < -0.4 is 15.3 Å². The molecule has 2 aromatic carbocycles. The van der Waals surface area contributed by atoms with Crippen molar-refractivity contribution in [2.45, 2.75) is 26.3 Å². The van der Waals surface area contributed by atoms with Crippen molar-refractivity contribution in [3.05, 3.63) is 69.8 Å². The fraction of sp³-hybridized carbons (Fsp3) is 0.250. The van der Waals surface area contributed by atoms with Crippen LogP contribution >= 0.6 is 0 Å². The van der Waals surface area contributed by atoms with Crippen LogP contribution in [0, 0.1) is 5.82 Å². The van der Waals surface area contributed by atoms with Gasteiger partial charge in [-0.25, -0.2) is 9.18 Å². The number of nitrogens with zero attached hydrogens (tertiary/aromatic N) is 1. The first-order valence-electron chi connectivity index (χ1n) is 8.38. The fourth-order valence-corrected chi connectivity index (χ4v) is 3.34. The first-order chi connectivity index (χ1) is 12.2. The molecule has 0 saturated heterocycles. The maximum absolute atomic E-state index is 14.1. The zero-order valence-corrected chi connectivity index (χ0v) is 13.9. The third-order valence-corrected chi connectivity index (χ3v) is 4.50. The molecule has 4 nitrogen and oxygen atoms in total. The highest BCUT2D eigenvalue weighted by Crippen LogP contribution is 2.35. The molecular formula is C20H18FNO3. The molecule has 3 aromatic rings. The topological polar surface area (TPSA) is 42.7 Å². The van der Waals surface area contributed by atoms with E-state index in [0.29, 0.717) is 23.6 Å². The van der Waals surface area contributed by atoms with Gasteiger partial charge in [-0.3, -0.25) is 0 Å². The molecule has 0 atom stereocenters. The van der Waals surface area contributed by atoms with E-state index in [2.05, 4.69) is 6.92 Å². The van der Waals surface area contributed by atoms with Gasteiger partial charge in [0.15, 0.2) is 6.73 Å². The number of hydrogen-bond donors (Lipinski definition) is 0. The molecule has 25 heavy (non-hydrogen) atoms. The Balaban J connectivity index is 1.84. The van der Waals surface area contributed by atoms with Crippen LogP contribution in [0.3, 0.4) is 0 Å². The van der Waals surface area contributed by atoms with Gasteiger partial charge >= 0.3 is 5.63 Å². The molecule has 2 heterocycles. The molecule has 1 aliphatic heterocycles. The first kappa shape index (κ1) is 15.7. The lowest BCUT2D eigenvalue weighted by Gasteiger charge is -2.31. The van der Waals surface area contributed by atoms with Crippen LogP contribution in [0.1, 0.15) is 24.5 Å². The zero-order valence-electron chi connectivity index (χ0n) is 13.9. The van der Waals surface area contributed by atoms with Gasteiger partial charge in [-0.15, -0.1) is 0 Å². The van der Waals surface area contributed by atoms with Crippen LogP contribution in [-0.4, -0.2) is 6.73 Å². The predicted molar refractivity (Wildman–Crippen MR) is 94.6 cm³/mol. The molecule has 128 valence electrons. The summed E-state index contributed by atoms with van der Waals surface area (Å²) >= 11 is 0. The summed E-state index contributed by atoms with van der Waals surface area (Å²) < 4.78 is 25.4. The maximum atomic E-state index is 14.1. The Hall–Kier alpha value is -2.82. The Bertz CT molecular complexity index is 996. The number of anilines is 1. The minimum Gasteiger partial charge on any atom is -0.473 e. The van der Waals surface area contributed by atoms with E-state index in [1.165, 1.54) is 6.07 Å². The average Bonchev–Trinajstić information content (AvgIpc) is 2.62. The third kappa shape index (κ3) is 2.76. The van der Waals surface area contributed by atoms with Crippen molar-refractivity contribution in [2.75, 3.05) is 11.6 Å². The second-order valence-corrected chi connectivity index (χ2v) is 6.18. The minimum absolute atomic E-state index is 0.248. The Morgan fingerprint density at radius 1 is 1.20 bits per heavy atom. The van der Waals surface area contributed by atoms with Gasteiger partial charge in [0.25, 0.3) is 0 Å². The average molecular weight is 339 g/mol. The summed E-state index contributed by atoms with van der Waals surface area (Å²) in [5, 5.41) is 0.916. The number of aryl methyl sites for hydroxylation is 1. The van der Waals surface area contributed by atoms with Crippen LogP contribution in [0.4, 0.5) is 10.1 Å². The summed E-state index contributed by atoms with van der Waals surface area (Å²) in [7, 11) is 0. The number of benzene rings is 2. The molecule has 0 spiro atoms. The number of para-hydroxylation sites is 1. The quantitative estimate of drug-likeness (QED) is 0.669. The van der Waals surface area contributed by atoms with Crippen molar-refractivity contribution in [1.82, 2.24) is 0 Å². The van der Waals surface area contributed by atoms with Crippen molar-refractivity contribution in [3.63, 3.8) is 0 Å². The second kappa shape index (κ2) is 6.24. The molecule has 0 radical (unpaired) electrons. The monoisotopic (exact) mass is 339 g/mol. The van der Waals surface area contributed by atoms with E-state index in [-0.39, 0.29) is 18.2 Å². The number of halogens is 1. The largest absolute Gasteiger partial charge is 0.473 e. The third-order valence-electron chi connectivity index (χ3n) is 4.50. The first-order valence-corrected chi connectivity index (χ1v) is 8.38. The molecule has 5 heteroatoms. The van der Waals surface area contributed by atoms with E-state index in [4.69, 9.17) is 9.15 Å². The summed E-state index contributed by atoms with van der Waals surface area (Å²) in [4.78, 5) is 13.8. The Morgan fingerprint density at radius 2 is 2.04 bits per heavy atom. The molecule has 4 rings (SSSR count). The molecule has 0 fully saturated rings. The molecule has 0 aliphatic carbocycles. The van der Waals surface area contributed by atoms with Crippen LogP contribution in [0.15, 0.2) is 51.7 Å². The predicted octanol–water partition coefficient (Wildman–Crippen LogP) is 4.24. The van der Waals surface area contributed by atoms with Crippen LogP contribution in [0.5, 0.6) is 5.75 Å². The maximum Gasteiger partial charge on any atom is 0.336 e. The van der Waals surface area contributed by atoms with Crippen molar-refractivity contribution in [3.8, 4) is 5.75 Å². The van der Waals surface area contributed by atoms with Crippen molar-refractivity contribution >= 4 is 16.7 Å². The van der Waals surface area contributed by atoms with Crippen molar-refractivity contribution < 1.29 is 13.5 Å². The smallest absolute Gasteiger partial charge is 0.336 e. The Labute approximate surface area is 144 Å². The number of fused-ring (bicyclic) bond motifs is 3. The molecule has 0 N–H and O–H groups in total. The van der Waals surface area contributed by atoms with E-state index >= 15 is 0 Å². The SMILES string of the molecule is CCCc1cc(=O)oc2c3c(ccc12)OCN(c1ccccc1F)C3. The number of rotatable bonds is 3. The summed E-state index contributed by atoms with van der Waals surface area (Å²) in [5.74, 6) is 0.375. The number of ether oxygens (including phenoxy) is 1. The molecular weight excluding hydrogens is 321 g/mol. The van der Waals surface area contributed by atoms with Gasteiger partial charge < -0.3 is 14.1 Å². The Kier molecular flexibility index (Phi) is 3.92. The number of hydrogen-bond acceptors (Lipinski definition) is 4. The minimum atomic E-state index is -0.368. The Morgan fingerprint density at radius 3 is 2.84 bits per heavy atom. The van der Waals surface area contributed by atoms with E-state index in [1.807, 2.05) is 12.1 Å². The van der Waals surface area contributed by atoms with Crippen molar-refractivity contribution in [1.29, 1.82) is 0 Å². The highest BCUT2D eigenvalue weighted by atomic mass is 19.1. The van der Waals surface area contributed by atoms with Gasteiger partial charge in [0.1, 0.15) is 17.1 Å². The van der Waals surface area contributed by atoms with Crippen molar-refractivity contribution in [2.24, 2.45) is 0 Å². The van der Waals surface area contributed by atoms with E-state index in [0.717, 1.165) is 29.4 Å². The van der Waals surface area contributed by atoms with E-state index in [1.54, 1.807) is 29.2 Å².